The van der Waals surface area contributed by atoms with Crippen LogP contribution in [0.4, 0.5) is 11.4 Å². The van der Waals surface area contributed by atoms with Gasteiger partial charge < -0.3 is 46.9 Å². The predicted octanol–water partition coefficient (Wildman–Crippen LogP) is 0.763. The molecule has 2 heterocycles. The summed E-state index contributed by atoms with van der Waals surface area (Å²) < 4.78 is 4.57. The molecule has 0 saturated heterocycles. The van der Waals surface area contributed by atoms with E-state index in [0.29, 0.717) is 33.3 Å². The summed E-state index contributed by atoms with van der Waals surface area (Å²) in [6.07, 6.45) is 0. The van der Waals surface area contributed by atoms with Crippen molar-refractivity contribution in [1.29, 1.82) is 0 Å². The number of nitrogen functional groups attached to an aromatic ring is 1. The number of hydrogen-bond donors (Lipinski definition) is 4. The number of hydrogen-bond acceptors (Lipinski definition) is 13. The number of ether oxygens (including phenoxy) is 1. The number of rotatable bonds is 7. The first-order chi connectivity index (χ1) is 26.8. The number of carbonyl (C=O) groups is 7. The molecule has 0 radical (unpaired) electrons. The van der Waals surface area contributed by atoms with E-state index in [-0.39, 0.29) is 70.5 Å². The Hall–Kier alpha value is -7.48. The summed E-state index contributed by atoms with van der Waals surface area (Å²) in [6, 6.07) is 37.4. The van der Waals surface area contributed by atoms with Gasteiger partial charge in [-0.05, 0) is 30.3 Å². The third kappa shape index (κ3) is 13.3. The van der Waals surface area contributed by atoms with Gasteiger partial charge in [-0.3, -0.25) is 24.0 Å². The van der Waals surface area contributed by atoms with Crippen LogP contribution in [0.5, 0.6) is 5.75 Å². The molecule has 1 aromatic heterocycles. The van der Waals surface area contributed by atoms with Crippen LogP contribution in [0.2, 0.25) is 0 Å². The number of aromatic carboxylic acids is 1. The normalized spacial score (nSPS) is 10.3. The number of pyridine rings is 1. The number of carboxylic acid groups (broad SMARTS) is 2. The molecule has 0 unspecified atom stereocenters. The van der Waals surface area contributed by atoms with Crippen molar-refractivity contribution >= 4 is 63.4 Å². The predicted molar refractivity (Wildman–Crippen MR) is 208 cm³/mol. The minimum atomic E-state index is -1.74. The number of aliphatic carboxylic acids is 1. The van der Waals surface area contributed by atoms with Crippen LogP contribution < -0.4 is 35.0 Å². The molecule has 0 saturated carbocycles. The summed E-state index contributed by atoms with van der Waals surface area (Å²) in [5.74, 6) is -5.91. The molecule has 0 fully saturated rings. The van der Waals surface area contributed by atoms with Crippen LogP contribution in [0.1, 0.15) is 48.4 Å². The minimum absolute atomic E-state index is 0. The first-order valence-corrected chi connectivity index (χ1v) is 16.5. The van der Waals surface area contributed by atoms with E-state index >= 15 is 0 Å². The number of Topliss-reactive ketones (excluding diaryl/α,β-unsaturated/α-hetero) is 3. The van der Waals surface area contributed by atoms with Gasteiger partial charge in [-0.15, -0.1) is 0 Å². The van der Waals surface area contributed by atoms with Gasteiger partial charge in [0.05, 0.1) is 16.8 Å². The van der Waals surface area contributed by atoms with E-state index in [2.05, 4.69) is 15.0 Å². The van der Waals surface area contributed by atoms with Crippen molar-refractivity contribution in [1.82, 2.24) is 4.98 Å². The molecule has 0 aliphatic carbocycles. The summed E-state index contributed by atoms with van der Waals surface area (Å²) in [5, 5.41) is 32.6. The topological polar surface area (TPSA) is 305 Å². The molecular weight excluding hydrogens is 761 g/mol. The number of para-hydroxylation sites is 3. The van der Waals surface area contributed by atoms with E-state index in [1.54, 1.807) is 91.0 Å². The van der Waals surface area contributed by atoms with Crippen LogP contribution in [-0.4, -0.2) is 73.9 Å². The number of carbonyl (C=O) groups excluding carboxylic acids is 6. The zero-order valence-electron chi connectivity index (χ0n) is 31.4. The molecule has 7 rings (SSSR count). The maximum absolute atomic E-state index is 11.4. The van der Waals surface area contributed by atoms with E-state index in [1.165, 1.54) is 25.1 Å². The number of benzene rings is 5. The number of carboxylic acids is 2. The monoisotopic (exact) mass is 796 g/mol. The molecule has 6 aromatic rings. The van der Waals surface area contributed by atoms with Crippen molar-refractivity contribution in [3.8, 4) is 17.0 Å². The van der Waals surface area contributed by atoms with Gasteiger partial charge in [-0.2, -0.15) is 0 Å². The van der Waals surface area contributed by atoms with Crippen molar-refractivity contribution in [3.63, 3.8) is 0 Å². The van der Waals surface area contributed by atoms with Crippen LogP contribution in [0, 0.1) is 0 Å². The third-order valence-corrected chi connectivity index (χ3v) is 7.65. The van der Waals surface area contributed by atoms with Gasteiger partial charge >= 0.3 is 30.8 Å². The average Bonchev–Trinajstić information content (AvgIpc) is 3.50. The fraction of sp³-hybridized carbons (Fsp3) is 0.0476. The van der Waals surface area contributed by atoms with Crippen LogP contribution in [-0.2, 0) is 19.1 Å². The number of aromatic nitrogens is 1. The molecule has 0 atom stereocenters. The molecule has 1 aliphatic rings. The van der Waals surface area contributed by atoms with Crippen molar-refractivity contribution in [2.75, 3.05) is 17.7 Å². The van der Waals surface area contributed by atoms with Crippen molar-refractivity contribution in [3.05, 3.63) is 156 Å². The summed E-state index contributed by atoms with van der Waals surface area (Å²) in [7, 11) is 0. The van der Waals surface area contributed by atoms with Gasteiger partial charge in [-0.1, -0.05) is 103 Å². The second kappa shape index (κ2) is 23.6. The fourth-order valence-corrected chi connectivity index (χ4v) is 5.00. The van der Waals surface area contributed by atoms with Crippen molar-refractivity contribution in [2.24, 2.45) is 0 Å². The first-order valence-electron chi connectivity index (χ1n) is 16.5. The van der Waals surface area contributed by atoms with Gasteiger partial charge in [-0.25, -0.2) is 9.78 Å². The fourth-order valence-electron chi connectivity index (χ4n) is 5.00. The molecule has 59 heavy (non-hydrogen) atoms. The van der Waals surface area contributed by atoms with Crippen LogP contribution >= 0.6 is 0 Å². The van der Waals surface area contributed by atoms with Gasteiger partial charge in [0.25, 0.3) is 11.7 Å². The molecular formula is C42H35LiN3O13-. The zero-order valence-corrected chi connectivity index (χ0v) is 31.4. The van der Waals surface area contributed by atoms with E-state index < -0.39 is 35.4 Å². The standard InChI is InChI=1S/C16H11NO3.C10H10O3.C8H7NO3.C8H5NO2.Li.2H2O/c18-15-13(16(19)20)11-8-4-5-9-12(11)17-14(15)10-6-2-1-3-7-10;1-8(11)13-7-10(12)9-5-3-2-4-6-9;9-6-4-2-1-3-5(6)7(10)8(11)12;10-7-5-3-1-2-4-6(5)9-8(7)11;;;/h1-9,18H,(H,19,20);2-6H,7H2,1H3;1-4H,9H2,(H,11,12);1-4H,(H,9,10,11);;2*1H2/q;;;;+1;;/p-2. The van der Waals surface area contributed by atoms with Crippen molar-refractivity contribution in [2.45, 2.75) is 6.92 Å². The summed E-state index contributed by atoms with van der Waals surface area (Å²) in [6.45, 7) is 1.09. The second-order valence-electron chi connectivity index (χ2n) is 11.5. The summed E-state index contributed by atoms with van der Waals surface area (Å²) in [4.78, 5) is 80.2. The number of nitrogens with one attached hydrogen (secondary N) is 1. The zero-order chi connectivity index (χ0) is 40.8. The maximum atomic E-state index is 11.4. The minimum Gasteiger partial charge on any atom is -0.870 e. The second-order valence-corrected chi connectivity index (χ2v) is 11.5. The van der Waals surface area contributed by atoms with Crippen LogP contribution in [0.3, 0.4) is 0 Å². The molecule has 1 aliphatic heterocycles. The number of nitrogens with zero attached hydrogens (tertiary/aromatic N) is 1. The molecule has 0 bridgehead atoms. The number of anilines is 2. The number of aromatic hydroxyl groups is 1. The van der Waals surface area contributed by atoms with E-state index in [4.69, 9.17) is 5.73 Å². The Labute approximate surface area is 348 Å². The van der Waals surface area contributed by atoms with Crippen molar-refractivity contribution < 1.29 is 83.4 Å². The first kappa shape index (κ1) is 49.5. The quantitative estimate of drug-likeness (QED) is 0.0570. The average molecular weight is 797 g/mol. The Morgan fingerprint density at radius 2 is 1.32 bits per heavy atom. The molecule has 17 heteroatoms. The maximum Gasteiger partial charge on any atom is 1.00 e. The van der Waals surface area contributed by atoms with Gasteiger partial charge in [0.1, 0.15) is 17.2 Å². The van der Waals surface area contributed by atoms with Gasteiger partial charge in [0.2, 0.25) is 5.78 Å². The molecule has 16 nitrogen and oxygen atoms in total. The summed E-state index contributed by atoms with van der Waals surface area (Å²) >= 11 is 0. The van der Waals surface area contributed by atoms with E-state index in [1.807, 2.05) is 24.3 Å². The molecule has 1 amide bonds. The molecule has 5 aromatic carbocycles. The Morgan fingerprint density at radius 1 is 0.780 bits per heavy atom. The van der Waals surface area contributed by atoms with Crippen LogP contribution in [0.25, 0.3) is 22.2 Å². The largest absolute Gasteiger partial charge is 1.00 e. The Morgan fingerprint density at radius 3 is 1.90 bits per heavy atom. The van der Waals surface area contributed by atoms with E-state index in [0.717, 1.165) is 0 Å². The van der Waals surface area contributed by atoms with Gasteiger partial charge in [0, 0.05) is 34.7 Å². The Balaban J connectivity index is 0.000000399. The number of nitrogens with two attached hydrogens (primary N) is 1. The number of ketones is 3. The summed E-state index contributed by atoms with van der Waals surface area (Å²) in [5.41, 5.74) is 8.49. The molecule has 0 spiro atoms. The molecule has 298 valence electrons. The third-order valence-electron chi connectivity index (χ3n) is 7.65. The molecule has 8 N–H and O–H groups in total. The van der Waals surface area contributed by atoms with Gasteiger partial charge in [0.15, 0.2) is 18.1 Å². The van der Waals surface area contributed by atoms with E-state index in [9.17, 15) is 48.9 Å². The number of amides is 1. The Kier molecular flexibility index (Phi) is 19.8. The SMILES string of the molecule is CC(=O)OCC(=O)c1ccccc1.Nc1ccccc1C(=O)C(=O)[O-].O.O=C(O)c1c(O)c(-c2ccccc2)nc2ccccc12.O=C1Nc2ccccc2C1=O.[Li+].[OH-]. The Bertz CT molecular complexity index is 2440. The number of esters is 1. The van der Waals surface area contributed by atoms with Crippen LogP contribution in [0.15, 0.2) is 133 Å². The smallest absolute Gasteiger partial charge is 0.870 e. The number of fused-ring (bicyclic) bond motifs is 2.